The molecule has 154 valence electrons. The average Bonchev–Trinajstić information content (AvgIpc) is 2.80. The van der Waals surface area contributed by atoms with Crippen molar-refractivity contribution in [1.29, 1.82) is 0 Å². The summed E-state index contributed by atoms with van der Waals surface area (Å²) in [6.07, 6.45) is 4.58. The van der Waals surface area contributed by atoms with Crippen molar-refractivity contribution in [3.05, 3.63) is 72.6 Å². The quantitative estimate of drug-likeness (QED) is 0.618. The number of rotatable bonds is 6. The normalized spacial score (nSPS) is 16.0. The van der Waals surface area contributed by atoms with Gasteiger partial charge in [0, 0.05) is 18.9 Å². The highest BCUT2D eigenvalue weighted by Crippen LogP contribution is 2.28. The molecule has 1 atom stereocenters. The van der Waals surface area contributed by atoms with E-state index in [9.17, 15) is 4.79 Å². The van der Waals surface area contributed by atoms with E-state index in [0.29, 0.717) is 41.9 Å². The third-order valence-electron chi connectivity index (χ3n) is 4.86. The molecule has 2 aromatic carbocycles. The molecule has 7 heteroatoms. The van der Waals surface area contributed by atoms with Gasteiger partial charge in [-0.15, -0.1) is 0 Å². The van der Waals surface area contributed by atoms with Crippen molar-refractivity contribution in [1.82, 2.24) is 14.9 Å². The first-order chi connectivity index (χ1) is 14.7. The first-order valence-electron chi connectivity index (χ1n) is 9.87. The van der Waals surface area contributed by atoms with Gasteiger partial charge in [-0.1, -0.05) is 30.3 Å². The highest BCUT2D eigenvalue weighted by molar-refractivity contribution is 5.97. The van der Waals surface area contributed by atoms with Gasteiger partial charge in [0.25, 0.3) is 17.7 Å². The van der Waals surface area contributed by atoms with Gasteiger partial charge < -0.3 is 19.1 Å². The fourth-order valence-electron chi connectivity index (χ4n) is 3.43. The van der Waals surface area contributed by atoms with Gasteiger partial charge in [0.05, 0.1) is 19.2 Å². The van der Waals surface area contributed by atoms with Crippen molar-refractivity contribution in [3.8, 4) is 23.3 Å². The number of benzene rings is 2. The lowest BCUT2D eigenvalue weighted by molar-refractivity contribution is 0.0517. The van der Waals surface area contributed by atoms with Gasteiger partial charge in [-0.05, 0) is 37.1 Å². The Hall–Kier alpha value is -3.61. The molecule has 1 amide bonds. The molecule has 0 saturated carbocycles. The molecule has 1 unspecified atom stereocenters. The monoisotopic (exact) mass is 405 g/mol. The van der Waals surface area contributed by atoms with Crippen LogP contribution in [0.5, 0.6) is 23.3 Å². The highest BCUT2D eigenvalue weighted by atomic mass is 16.5. The molecular weight excluding hydrogens is 382 g/mol. The molecule has 1 aliphatic heterocycles. The van der Waals surface area contributed by atoms with Crippen molar-refractivity contribution in [3.63, 3.8) is 0 Å². The standard InChI is InChI=1S/C23H23N3O4/c1-28-21-22(25-14-13-24-21)30-18-10-7-15-26(16-18)23(27)19-11-5-6-12-20(19)29-17-8-3-2-4-9-17/h2-6,8-9,11-14,18H,7,10,15-16H2,1H3. The summed E-state index contributed by atoms with van der Waals surface area (Å²) in [5.41, 5.74) is 0.527. The van der Waals surface area contributed by atoms with Crippen molar-refractivity contribution < 1.29 is 19.0 Å². The number of nitrogens with zero attached hydrogens (tertiary/aromatic N) is 3. The van der Waals surface area contributed by atoms with Gasteiger partial charge >= 0.3 is 0 Å². The van der Waals surface area contributed by atoms with Gasteiger partial charge in [-0.3, -0.25) is 4.79 Å². The Morgan fingerprint density at radius 1 is 1.00 bits per heavy atom. The van der Waals surface area contributed by atoms with Crippen molar-refractivity contribution in [2.24, 2.45) is 0 Å². The van der Waals surface area contributed by atoms with E-state index >= 15 is 0 Å². The first-order valence-corrected chi connectivity index (χ1v) is 9.87. The summed E-state index contributed by atoms with van der Waals surface area (Å²) in [5.74, 6) is 1.82. The van der Waals surface area contributed by atoms with Crippen molar-refractivity contribution in [2.45, 2.75) is 18.9 Å². The van der Waals surface area contributed by atoms with Gasteiger partial charge in [0.2, 0.25) is 0 Å². The van der Waals surface area contributed by atoms with E-state index < -0.39 is 0 Å². The van der Waals surface area contributed by atoms with Crippen LogP contribution in [0, 0.1) is 0 Å². The van der Waals surface area contributed by atoms with Gasteiger partial charge in [0.1, 0.15) is 17.6 Å². The molecule has 0 spiro atoms. The van der Waals surface area contributed by atoms with Crippen LogP contribution in [0.25, 0.3) is 0 Å². The summed E-state index contributed by atoms with van der Waals surface area (Å²) in [6, 6.07) is 16.7. The maximum atomic E-state index is 13.3. The fraction of sp³-hybridized carbons (Fsp3) is 0.261. The molecule has 0 bridgehead atoms. The molecule has 2 heterocycles. The van der Waals surface area contributed by atoms with Gasteiger partial charge in [-0.25, -0.2) is 9.97 Å². The lowest BCUT2D eigenvalue weighted by Crippen LogP contribution is -2.44. The maximum absolute atomic E-state index is 13.3. The number of piperidine rings is 1. The lowest BCUT2D eigenvalue weighted by atomic mass is 10.1. The van der Waals surface area contributed by atoms with Crippen molar-refractivity contribution in [2.75, 3.05) is 20.2 Å². The molecule has 7 nitrogen and oxygen atoms in total. The summed E-state index contributed by atoms with van der Waals surface area (Å²) in [7, 11) is 1.53. The second kappa shape index (κ2) is 9.26. The summed E-state index contributed by atoms with van der Waals surface area (Å²) in [6.45, 7) is 1.12. The van der Waals surface area contributed by atoms with Crippen LogP contribution in [-0.2, 0) is 0 Å². The molecule has 0 aliphatic carbocycles. The number of carbonyl (C=O) groups is 1. The molecular formula is C23H23N3O4. The molecule has 4 rings (SSSR count). The second-order valence-electron chi connectivity index (χ2n) is 6.92. The predicted molar refractivity (Wildman–Crippen MR) is 111 cm³/mol. The Morgan fingerprint density at radius 3 is 2.53 bits per heavy atom. The number of hydrogen-bond donors (Lipinski definition) is 0. The van der Waals surface area contributed by atoms with Crippen molar-refractivity contribution >= 4 is 5.91 Å². The van der Waals surface area contributed by atoms with Crippen LogP contribution in [0.15, 0.2) is 67.0 Å². The highest BCUT2D eigenvalue weighted by Gasteiger charge is 2.28. The third-order valence-corrected chi connectivity index (χ3v) is 4.86. The number of hydrogen-bond acceptors (Lipinski definition) is 6. The molecule has 1 aliphatic rings. The number of likely N-dealkylation sites (tertiary alicyclic amines) is 1. The number of amides is 1. The smallest absolute Gasteiger partial charge is 0.278 e. The Bertz CT molecular complexity index is 997. The van der Waals surface area contributed by atoms with Crippen LogP contribution in [0.4, 0.5) is 0 Å². The van der Waals surface area contributed by atoms with Crippen LogP contribution in [0.3, 0.4) is 0 Å². The number of aromatic nitrogens is 2. The molecule has 1 saturated heterocycles. The lowest BCUT2D eigenvalue weighted by Gasteiger charge is -2.33. The SMILES string of the molecule is COc1nccnc1OC1CCCN(C(=O)c2ccccc2Oc2ccccc2)C1. The molecule has 0 radical (unpaired) electrons. The zero-order valence-electron chi connectivity index (χ0n) is 16.7. The zero-order valence-corrected chi connectivity index (χ0v) is 16.7. The van der Waals surface area contributed by atoms with Gasteiger partial charge in [-0.2, -0.15) is 0 Å². The van der Waals surface area contributed by atoms with Crippen LogP contribution in [-0.4, -0.2) is 47.1 Å². The Balaban J connectivity index is 1.48. The molecule has 30 heavy (non-hydrogen) atoms. The van der Waals surface area contributed by atoms with E-state index in [4.69, 9.17) is 14.2 Å². The maximum Gasteiger partial charge on any atom is 0.278 e. The molecule has 1 aromatic heterocycles. The minimum Gasteiger partial charge on any atom is -0.477 e. The van der Waals surface area contributed by atoms with Gasteiger partial charge in [0.15, 0.2) is 0 Å². The van der Waals surface area contributed by atoms with E-state index in [-0.39, 0.29) is 12.0 Å². The molecule has 0 N–H and O–H groups in total. The number of para-hydroxylation sites is 2. The van der Waals surface area contributed by atoms with Crippen LogP contribution >= 0.6 is 0 Å². The largest absolute Gasteiger partial charge is 0.477 e. The minimum absolute atomic E-state index is 0.0825. The second-order valence-corrected chi connectivity index (χ2v) is 6.92. The Kier molecular flexibility index (Phi) is 6.08. The zero-order chi connectivity index (χ0) is 20.8. The minimum atomic E-state index is -0.185. The fourth-order valence-corrected chi connectivity index (χ4v) is 3.43. The van der Waals surface area contributed by atoms with E-state index in [1.165, 1.54) is 7.11 Å². The summed E-state index contributed by atoms with van der Waals surface area (Å²) in [5, 5.41) is 0. The van der Waals surface area contributed by atoms with E-state index in [0.717, 1.165) is 12.8 Å². The first kappa shape index (κ1) is 19.7. The van der Waals surface area contributed by atoms with Crippen LogP contribution < -0.4 is 14.2 Å². The summed E-state index contributed by atoms with van der Waals surface area (Å²) < 4.78 is 17.2. The van der Waals surface area contributed by atoms with E-state index in [2.05, 4.69) is 9.97 Å². The molecule has 3 aromatic rings. The van der Waals surface area contributed by atoms with Crippen LogP contribution in [0.1, 0.15) is 23.2 Å². The summed E-state index contributed by atoms with van der Waals surface area (Å²) in [4.78, 5) is 23.4. The topological polar surface area (TPSA) is 73.8 Å². The molecule has 1 fully saturated rings. The van der Waals surface area contributed by atoms with E-state index in [1.54, 1.807) is 23.4 Å². The van der Waals surface area contributed by atoms with Crippen LogP contribution in [0.2, 0.25) is 0 Å². The third kappa shape index (κ3) is 4.51. The van der Waals surface area contributed by atoms with E-state index in [1.807, 2.05) is 48.5 Å². The number of methoxy groups -OCH3 is 1. The predicted octanol–water partition coefficient (Wildman–Crippen LogP) is 3.96. The Labute approximate surface area is 175 Å². The number of ether oxygens (including phenoxy) is 3. The average molecular weight is 405 g/mol. The summed E-state index contributed by atoms with van der Waals surface area (Å²) >= 11 is 0. The Morgan fingerprint density at radius 2 is 1.73 bits per heavy atom. The number of carbonyl (C=O) groups excluding carboxylic acids is 1.